The molecule has 0 saturated carbocycles. The molecule has 0 aliphatic carbocycles. The number of aliphatic hydroxyl groups excluding tert-OH is 1. The fourth-order valence-corrected chi connectivity index (χ4v) is 2.40. The van der Waals surface area contributed by atoms with Crippen LogP contribution in [0.5, 0.6) is 0 Å². The van der Waals surface area contributed by atoms with Gasteiger partial charge in [0, 0.05) is 13.0 Å². The largest absolute Gasteiger partial charge is 0.388 e. The molecule has 19 heavy (non-hydrogen) atoms. The van der Waals surface area contributed by atoms with Crippen molar-refractivity contribution in [3.63, 3.8) is 0 Å². The minimum absolute atomic E-state index is 0.00990. The monoisotopic (exact) mass is 267 g/mol. The zero-order valence-electron chi connectivity index (χ0n) is 12.6. The van der Waals surface area contributed by atoms with Gasteiger partial charge in [-0.25, -0.2) is 0 Å². The maximum absolute atomic E-state index is 9.23. The van der Waals surface area contributed by atoms with E-state index in [1.807, 2.05) is 0 Å². The Morgan fingerprint density at radius 2 is 1.47 bits per heavy atom. The molecule has 0 spiro atoms. The Hall–Kier alpha value is -0.900. The topological polar surface area (TPSA) is 50.9 Å². The van der Waals surface area contributed by atoms with Crippen molar-refractivity contribution in [1.29, 1.82) is 0 Å². The van der Waals surface area contributed by atoms with Gasteiger partial charge in [-0.3, -0.25) is 0 Å². The molecule has 4 nitrogen and oxygen atoms in total. The summed E-state index contributed by atoms with van der Waals surface area (Å²) >= 11 is 0. The van der Waals surface area contributed by atoms with E-state index < -0.39 is 0 Å². The molecule has 0 aliphatic heterocycles. The van der Waals surface area contributed by atoms with Crippen molar-refractivity contribution >= 4 is 0 Å². The quantitative estimate of drug-likeness (QED) is 0.625. The molecule has 0 fully saturated rings. The Labute approximate surface area is 117 Å². The van der Waals surface area contributed by atoms with Crippen molar-refractivity contribution in [3.8, 4) is 0 Å². The van der Waals surface area contributed by atoms with Crippen molar-refractivity contribution in [2.45, 2.75) is 84.8 Å². The van der Waals surface area contributed by atoms with Gasteiger partial charge in [0.15, 0.2) is 5.82 Å². The maximum Gasteiger partial charge on any atom is 0.158 e. The standard InChI is InChI=1S/C15H29N3O/c1-3-5-6-7-8-9-10-11-14-16-17-15(13-19)18(14)12-4-2/h19H,3-13H2,1-2H3. The zero-order valence-corrected chi connectivity index (χ0v) is 12.6. The summed E-state index contributed by atoms with van der Waals surface area (Å²) in [6.45, 7) is 5.29. The van der Waals surface area contributed by atoms with Crippen molar-refractivity contribution in [3.05, 3.63) is 11.6 Å². The zero-order chi connectivity index (χ0) is 13.9. The average Bonchev–Trinajstić information content (AvgIpc) is 2.81. The third-order valence-corrected chi connectivity index (χ3v) is 3.50. The molecule has 0 saturated heterocycles. The van der Waals surface area contributed by atoms with Crippen LogP contribution in [0.15, 0.2) is 0 Å². The van der Waals surface area contributed by atoms with Crippen LogP contribution in [0.3, 0.4) is 0 Å². The molecule has 1 N–H and O–H groups in total. The molecule has 0 bridgehead atoms. The molecular formula is C15H29N3O. The molecule has 1 heterocycles. The molecule has 1 aromatic rings. The molecule has 110 valence electrons. The Morgan fingerprint density at radius 1 is 0.842 bits per heavy atom. The van der Waals surface area contributed by atoms with Crippen LogP contribution < -0.4 is 0 Å². The highest BCUT2D eigenvalue weighted by Crippen LogP contribution is 2.11. The SMILES string of the molecule is CCCCCCCCCc1nnc(CO)n1CCC. The van der Waals surface area contributed by atoms with Crippen LogP contribution >= 0.6 is 0 Å². The summed E-state index contributed by atoms with van der Waals surface area (Å²) in [5.41, 5.74) is 0. The van der Waals surface area contributed by atoms with Crippen molar-refractivity contribution in [2.75, 3.05) is 0 Å². The third-order valence-electron chi connectivity index (χ3n) is 3.50. The van der Waals surface area contributed by atoms with E-state index in [4.69, 9.17) is 0 Å². The van der Waals surface area contributed by atoms with Crippen LogP contribution in [0.1, 0.15) is 76.9 Å². The molecule has 4 heteroatoms. The summed E-state index contributed by atoms with van der Waals surface area (Å²) in [6, 6.07) is 0. The first-order valence-electron chi connectivity index (χ1n) is 7.85. The summed E-state index contributed by atoms with van der Waals surface area (Å²) in [5.74, 6) is 1.75. The highest BCUT2D eigenvalue weighted by molar-refractivity contribution is 4.95. The second kappa shape index (κ2) is 9.96. The summed E-state index contributed by atoms with van der Waals surface area (Å²) < 4.78 is 2.08. The molecule has 0 unspecified atom stereocenters. The van der Waals surface area contributed by atoms with Gasteiger partial charge in [-0.05, 0) is 12.8 Å². The van der Waals surface area contributed by atoms with Crippen LogP contribution in [0.4, 0.5) is 0 Å². The molecule has 0 aromatic carbocycles. The Balaban J connectivity index is 2.26. The summed E-state index contributed by atoms with van der Waals surface area (Å²) in [5, 5.41) is 17.5. The summed E-state index contributed by atoms with van der Waals surface area (Å²) in [4.78, 5) is 0. The smallest absolute Gasteiger partial charge is 0.158 e. The van der Waals surface area contributed by atoms with Gasteiger partial charge in [-0.2, -0.15) is 0 Å². The predicted octanol–water partition coefficient (Wildman–Crippen LogP) is 3.47. The first-order valence-corrected chi connectivity index (χ1v) is 7.85. The highest BCUT2D eigenvalue weighted by atomic mass is 16.3. The first-order chi connectivity index (χ1) is 9.33. The lowest BCUT2D eigenvalue weighted by atomic mass is 10.1. The second-order valence-electron chi connectivity index (χ2n) is 5.21. The minimum atomic E-state index is -0.00990. The van der Waals surface area contributed by atoms with E-state index in [0.717, 1.165) is 25.2 Å². The molecule has 0 aliphatic rings. The normalized spacial score (nSPS) is 11.1. The molecule has 1 aromatic heterocycles. The van der Waals surface area contributed by atoms with Crippen molar-refractivity contribution < 1.29 is 5.11 Å². The van der Waals surface area contributed by atoms with Crippen LogP contribution in [-0.4, -0.2) is 19.9 Å². The van der Waals surface area contributed by atoms with Gasteiger partial charge in [-0.1, -0.05) is 52.4 Å². The highest BCUT2D eigenvalue weighted by Gasteiger charge is 2.09. The number of unbranched alkanes of at least 4 members (excludes halogenated alkanes) is 6. The van der Waals surface area contributed by atoms with E-state index in [1.54, 1.807) is 0 Å². The lowest BCUT2D eigenvalue weighted by Crippen LogP contribution is -2.07. The van der Waals surface area contributed by atoms with Gasteiger partial charge < -0.3 is 9.67 Å². The number of aryl methyl sites for hydroxylation is 1. The summed E-state index contributed by atoms with van der Waals surface area (Å²) in [6.07, 6.45) is 11.2. The Kier molecular flexibility index (Phi) is 8.47. The number of aromatic nitrogens is 3. The molecular weight excluding hydrogens is 238 g/mol. The number of nitrogens with zero attached hydrogens (tertiary/aromatic N) is 3. The lowest BCUT2D eigenvalue weighted by molar-refractivity contribution is 0.264. The second-order valence-corrected chi connectivity index (χ2v) is 5.21. The minimum Gasteiger partial charge on any atom is -0.388 e. The Bertz CT molecular complexity index is 336. The molecule has 0 atom stereocenters. The fraction of sp³-hybridized carbons (Fsp3) is 0.867. The van der Waals surface area contributed by atoms with E-state index in [2.05, 4.69) is 28.6 Å². The molecule has 1 rings (SSSR count). The van der Waals surface area contributed by atoms with Gasteiger partial charge in [0.05, 0.1) is 0 Å². The van der Waals surface area contributed by atoms with Crippen LogP contribution in [-0.2, 0) is 19.6 Å². The predicted molar refractivity (Wildman–Crippen MR) is 77.9 cm³/mol. The fourth-order valence-electron chi connectivity index (χ4n) is 2.40. The van der Waals surface area contributed by atoms with Crippen molar-refractivity contribution in [1.82, 2.24) is 14.8 Å². The lowest BCUT2D eigenvalue weighted by Gasteiger charge is -2.07. The van der Waals surface area contributed by atoms with E-state index in [-0.39, 0.29) is 6.61 Å². The number of aliphatic hydroxyl groups is 1. The van der Waals surface area contributed by atoms with E-state index in [0.29, 0.717) is 5.82 Å². The van der Waals surface area contributed by atoms with E-state index >= 15 is 0 Å². The van der Waals surface area contributed by atoms with Gasteiger partial charge in [0.25, 0.3) is 0 Å². The van der Waals surface area contributed by atoms with Gasteiger partial charge in [-0.15, -0.1) is 10.2 Å². The van der Waals surface area contributed by atoms with Crippen LogP contribution in [0, 0.1) is 0 Å². The summed E-state index contributed by atoms with van der Waals surface area (Å²) in [7, 11) is 0. The average molecular weight is 267 g/mol. The first kappa shape index (κ1) is 16.2. The van der Waals surface area contributed by atoms with E-state index in [9.17, 15) is 5.11 Å². The van der Waals surface area contributed by atoms with Gasteiger partial charge in [0.1, 0.15) is 12.4 Å². The maximum atomic E-state index is 9.23. The molecule has 0 radical (unpaired) electrons. The third kappa shape index (κ3) is 5.72. The van der Waals surface area contributed by atoms with E-state index in [1.165, 1.54) is 44.9 Å². The van der Waals surface area contributed by atoms with Crippen LogP contribution in [0.25, 0.3) is 0 Å². The number of rotatable bonds is 11. The van der Waals surface area contributed by atoms with Gasteiger partial charge in [0.2, 0.25) is 0 Å². The van der Waals surface area contributed by atoms with Gasteiger partial charge >= 0.3 is 0 Å². The van der Waals surface area contributed by atoms with Crippen molar-refractivity contribution in [2.24, 2.45) is 0 Å². The van der Waals surface area contributed by atoms with Crippen LogP contribution in [0.2, 0.25) is 0 Å². The number of hydrogen-bond acceptors (Lipinski definition) is 3. The molecule has 0 amide bonds. The number of hydrogen-bond donors (Lipinski definition) is 1. The Morgan fingerprint density at radius 3 is 2.11 bits per heavy atom.